The van der Waals surface area contributed by atoms with Crippen LogP contribution in [0.25, 0.3) is 0 Å². The Morgan fingerprint density at radius 2 is 2.05 bits per heavy atom. The molecule has 0 atom stereocenters. The second-order valence-corrected chi connectivity index (χ2v) is 5.51. The smallest absolute Gasteiger partial charge is 0.0891 e. The monoisotopic (exact) mass is 262 g/mol. The number of ether oxygens (including phenoxy) is 1. The van der Waals surface area contributed by atoms with Gasteiger partial charge >= 0.3 is 0 Å². The summed E-state index contributed by atoms with van der Waals surface area (Å²) in [5.41, 5.74) is 2.11. The predicted octanol–water partition coefficient (Wildman–Crippen LogP) is 3.22. The lowest BCUT2D eigenvalue weighted by atomic mass is 9.93. The van der Waals surface area contributed by atoms with Crippen molar-refractivity contribution >= 4 is 0 Å². The first-order chi connectivity index (χ1) is 9.28. The number of aromatic nitrogens is 1. The standard InChI is InChI=1S/C16H26N2O/c1-3-11-17-14-7-9-16(10-8-14)19-12-15-6-4-5-13(2)18-15/h4-6,14,16-17H,3,7-12H2,1-2H3. The molecule has 3 nitrogen and oxygen atoms in total. The lowest BCUT2D eigenvalue weighted by Gasteiger charge is -2.29. The van der Waals surface area contributed by atoms with Crippen molar-refractivity contribution in [2.45, 2.75) is 64.7 Å². The molecule has 1 aromatic heterocycles. The summed E-state index contributed by atoms with van der Waals surface area (Å²) in [7, 11) is 0. The normalized spacial score (nSPS) is 23.5. The number of pyridine rings is 1. The Morgan fingerprint density at radius 1 is 1.26 bits per heavy atom. The first kappa shape index (κ1) is 14.5. The predicted molar refractivity (Wildman–Crippen MR) is 78.1 cm³/mol. The van der Waals surface area contributed by atoms with Crippen molar-refractivity contribution in [2.75, 3.05) is 6.54 Å². The Balaban J connectivity index is 1.68. The summed E-state index contributed by atoms with van der Waals surface area (Å²) < 4.78 is 5.99. The zero-order valence-electron chi connectivity index (χ0n) is 12.2. The van der Waals surface area contributed by atoms with Crippen LogP contribution in [0.5, 0.6) is 0 Å². The van der Waals surface area contributed by atoms with E-state index in [2.05, 4.69) is 17.2 Å². The van der Waals surface area contributed by atoms with Crippen LogP contribution >= 0.6 is 0 Å². The maximum Gasteiger partial charge on any atom is 0.0891 e. The Bertz CT molecular complexity index is 373. The van der Waals surface area contributed by atoms with Gasteiger partial charge in [-0.3, -0.25) is 4.98 Å². The van der Waals surface area contributed by atoms with Gasteiger partial charge in [0, 0.05) is 11.7 Å². The highest BCUT2D eigenvalue weighted by atomic mass is 16.5. The average Bonchev–Trinajstić information content (AvgIpc) is 2.44. The van der Waals surface area contributed by atoms with Crippen molar-refractivity contribution in [3.63, 3.8) is 0 Å². The molecule has 106 valence electrons. The number of rotatable bonds is 6. The second kappa shape index (κ2) is 7.61. The van der Waals surface area contributed by atoms with Crippen molar-refractivity contribution < 1.29 is 4.74 Å². The molecule has 1 aliphatic rings. The van der Waals surface area contributed by atoms with Gasteiger partial charge < -0.3 is 10.1 Å². The molecule has 0 aromatic carbocycles. The second-order valence-electron chi connectivity index (χ2n) is 5.51. The third-order valence-corrected chi connectivity index (χ3v) is 3.77. The van der Waals surface area contributed by atoms with E-state index in [9.17, 15) is 0 Å². The molecule has 1 heterocycles. The van der Waals surface area contributed by atoms with Gasteiger partial charge in [-0.25, -0.2) is 0 Å². The van der Waals surface area contributed by atoms with E-state index < -0.39 is 0 Å². The van der Waals surface area contributed by atoms with Crippen LogP contribution in [0, 0.1) is 6.92 Å². The Labute approximate surface area is 116 Å². The van der Waals surface area contributed by atoms with Crippen molar-refractivity contribution in [2.24, 2.45) is 0 Å². The van der Waals surface area contributed by atoms with Gasteiger partial charge in [0.1, 0.15) is 0 Å². The Kier molecular flexibility index (Phi) is 5.80. The van der Waals surface area contributed by atoms with Gasteiger partial charge in [0.25, 0.3) is 0 Å². The number of nitrogens with one attached hydrogen (secondary N) is 1. The third-order valence-electron chi connectivity index (χ3n) is 3.77. The SMILES string of the molecule is CCCNC1CCC(OCc2cccc(C)n2)CC1. The lowest BCUT2D eigenvalue weighted by Crippen LogP contribution is -2.35. The molecule has 19 heavy (non-hydrogen) atoms. The molecule has 3 heteroatoms. The van der Waals surface area contributed by atoms with Crippen LogP contribution in [-0.4, -0.2) is 23.7 Å². The molecule has 0 unspecified atom stereocenters. The third kappa shape index (κ3) is 4.92. The van der Waals surface area contributed by atoms with Crippen molar-refractivity contribution in [3.8, 4) is 0 Å². The van der Waals surface area contributed by atoms with E-state index in [1.165, 1.54) is 32.1 Å². The van der Waals surface area contributed by atoms with Crippen molar-refractivity contribution in [3.05, 3.63) is 29.6 Å². The Morgan fingerprint density at radius 3 is 2.74 bits per heavy atom. The van der Waals surface area contributed by atoms with E-state index in [1.54, 1.807) is 0 Å². The molecular weight excluding hydrogens is 236 g/mol. The van der Waals surface area contributed by atoms with E-state index in [4.69, 9.17) is 4.74 Å². The number of hydrogen-bond donors (Lipinski definition) is 1. The zero-order valence-corrected chi connectivity index (χ0v) is 12.2. The molecule has 0 radical (unpaired) electrons. The molecule has 1 fully saturated rings. The molecule has 0 bridgehead atoms. The van der Waals surface area contributed by atoms with Crippen LogP contribution in [0.15, 0.2) is 18.2 Å². The molecule has 0 spiro atoms. The van der Waals surface area contributed by atoms with Crippen molar-refractivity contribution in [1.82, 2.24) is 10.3 Å². The van der Waals surface area contributed by atoms with Gasteiger partial charge in [0.05, 0.1) is 18.4 Å². The minimum absolute atomic E-state index is 0.419. The van der Waals surface area contributed by atoms with Crippen molar-refractivity contribution in [1.29, 1.82) is 0 Å². The minimum Gasteiger partial charge on any atom is -0.372 e. The number of nitrogens with zero attached hydrogens (tertiary/aromatic N) is 1. The summed E-state index contributed by atoms with van der Waals surface area (Å²) in [5.74, 6) is 0. The van der Waals surface area contributed by atoms with Crippen LogP contribution in [-0.2, 0) is 11.3 Å². The topological polar surface area (TPSA) is 34.1 Å². The van der Waals surface area contributed by atoms with Crippen LogP contribution in [0.1, 0.15) is 50.4 Å². The lowest BCUT2D eigenvalue weighted by molar-refractivity contribution is 0.00979. The number of hydrogen-bond acceptors (Lipinski definition) is 3. The molecule has 1 saturated carbocycles. The molecular formula is C16H26N2O. The summed E-state index contributed by atoms with van der Waals surface area (Å²) in [6, 6.07) is 6.82. The fourth-order valence-electron chi connectivity index (χ4n) is 2.67. The summed E-state index contributed by atoms with van der Waals surface area (Å²) in [6.45, 7) is 6.04. The number of aryl methyl sites for hydroxylation is 1. The molecule has 2 rings (SSSR count). The highest BCUT2D eigenvalue weighted by molar-refractivity contribution is 5.08. The largest absolute Gasteiger partial charge is 0.372 e. The van der Waals surface area contributed by atoms with Gasteiger partial charge in [-0.2, -0.15) is 0 Å². The van der Waals surface area contributed by atoms with Crippen LogP contribution < -0.4 is 5.32 Å². The fraction of sp³-hybridized carbons (Fsp3) is 0.688. The molecule has 0 amide bonds. The quantitative estimate of drug-likeness (QED) is 0.854. The molecule has 0 saturated heterocycles. The zero-order chi connectivity index (χ0) is 13.5. The molecule has 1 N–H and O–H groups in total. The summed E-state index contributed by atoms with van der Waals surface area (Å²) in [5, 5.41) is 3.61. The van der Waals surface area contributed by atoms with Crippen LogP contribution in [0.3, 0.4) is 0 Å². The first-order valence-electron chi connectivity index (χ1n) is 7.55. The highest BCUT2D eigenvalue weighted by Crippen LogP contribution is 2.22. The van der Waals surface area contributed by atoms with Crippen LogP contribution in [0.2, 0.25) is 0 Å². The maximum absolute atomic E-state index is 5.99. The van der Waals surface area contributed by atoms with Gasteiger partial charge in [-0.1, -0.05) is 13.0 Å². The van der Waals surface area contributed by atoms with E-state index in [0.717, 1.165) is 17.9 Å². The van der Waals surface area contributed by atoms with E-state index in [0.29, 0.717) is 18.8 Å². The van der Waals surface area contributed by atoms with E-state index in [1.807, 2.05) is 25.1 Å². The summed E-state index contributed by atoms with van der Waals surface area (Å²) in [6.07, 6.45) is 6.47. The van der Waals surface area contributed by atoms with Gasteiger partial charge in [-0.05, 0) is 57.7 Å². The van der Waals surface area contributed by atoms with E-state index in [-0.39, 0.29) is 0 Å². The first-order valence-corrected chi connectivity index (χ1v) is 7.55. The fourth-order valence-corrected chi connectivity index (χ4v) is 2.67. The molecule has 1 aliphatic carbocycles. The summed E-state index contributed by atoms with van der Waals surface area (Å²) in [4.78, 5) is 4.48. The van der Waals surface area contributed by atoms with Gasteiger partial charge in [-0.15, -0.1) is 0 Å². The van der Waals surface area contributed by atoms with Crippen LogP contribution in [0.4, 0.5) is 0 Å². The average molecular weight is 262 g/mol. The maximum atomic E-state index is 5.99. The van der Waals surface area contributed by atoms with Gasteiger partial charge in [0.15, 0.2) is 0 Å². The van der Waals surface area contributed by atoms with E-state index >= 15 is 0 Å². The molecule has 1 aromatic rings. The van der Waals surface area contributed by atoms with Gasteiger partial charge in [0.2, 0.25) is 0 Å². The Hall–Kier alpha value is -0.930. The summed E-state index contributed by atoms with van der Waals surface area (Å²) >= 11 is 0. The molecule has 0 aliphatic heterocycles. The minimum atomic E-state index is 0.419. The highest BCUT2D eigenvalue weighted by Gasteiger charge is 2.21.